The number of anilines is 1. The Kier molecular flexibility index (Phi) is 4.43. The summed E-state index contributed by atoms with van der Waals surface area (Å²) in [5, 5.41) is 7.65. The van der Waals surface area contributed by atoms with Gasteiger partial charge in [0.2, 0.25) is 5.91 Å². The lowest BCUT2D eigenvalue weighted by molar-refractivity contribution is -0.119. The summed E-state index contributed by atoms with van der Waals surface area (Å²) in [6, 6.07) is 11.3. The van der Waals surface area contributed by atoms with Gasteiger partial charge < -0.3 is 10.3 Å². The van der Waals surface area contributed by atoms with E-state index in [1.807, 2.05) is 6.07 Å². The predicted octanol–water partition coefficient (Wildman–Crippen LogP) is 2.03. The molecule has 1 aromatic carbocycles. The number of para-hydroxylation sites is 1. The number of carbonyl (C=O) groups excluding carboxylic acids is 1. The minimum atomic E-state index is 0.0434. The van der Waals surface area contributed by atoms with E-state index < -0.39 is 0 Å². The summed E-state index contributed by atoms with van der Waals surface area (Å²) in [4.78, 5) is 11.1. The molecular formula is C15H23N3O. The van der Waals surface area contributed by atoms with Crippen molar-refractivity contribution in [3.05, 3.63) is 30.3 Å². The molecule has 104 valence electrons. The summed E-state index contributed by atoms with van der Waals surface area (Å²) in [5.74, 6) is 0.0434. The Morgan fingerprint density at radius 1 is 1.37 bits per heavy atom. The van der Waals surface area contributed by atoms with Crippen LogP contribution in [0.3, 0.4) is 0 Å². The van der Waals surface area contributed by atoms with Crippen LogP contribution in [0.4, 0.5) is 5.69 Å². The number of amides is 1. The van der Waals surface area contributed by atoms with E-state index in [-0.39, 0.29) is 5.91 Å². The van der Waals surface area contributed by atoms with Crippen LogP contribution < -0.4 is 10.3 Å². The van der Waals surface area contributed by atoms with Crippen LogP contribution in [-0.2, 0) is 4.79 Å². The van der Waals surface area contributed by atoms with E-state index in [2.05, 4.69) is 53.4 Å². The van der Waals surface area contributed by atoms with Crippen LogP contribution in [0, 0.1) is 0 Å². The largest absolute Gasteiger partial charge is 0.355 e. The van der Waals surface area contributed by atoms with E-state index in [0.29, 0.717) is 12.1 Å². The lowest BCUT2D eigenvalue weighted by Crippen LogP contribution is -2.46. The zero-order chi connectivity index (χ0) is 13.8. The van der Waals surface area contributed by atoms with Crippen molar-refractivity contribution in [1.29, 1.82) is 0 Å². The Balaban J connectivity index is 2.13. The Hall–Kier alpha value is -1.55. The molecule has 0 radical (unpaired) electrons. The fourth-order valence-electron chi connectivity index (χ4n) is 2.89. The molecular weight excluding hydrogens is 238 g/mol. The molecule has 0 bridgehead atoms. The first-order chi connectivity index (χ1) is 9.13. The lowest BCUT2D eigenvalue weighted by Gasteiger charge is -2.35. The van der Waals surface area contributed by atoms with Crippen LogP contribution in [0.2, 0.25) is 0 Å². The second-order valence-corrected chi connectivity index (χ2v) is 5.11. The molecule has 0 spiro atoms. The summed E-state index contributed by atoms with van der Waals surface area (Å²) >= 11 is 0. The van der Waals surface area contributed by atoms with E-state index >= 15 is 0 Å². The Labute approximate surface area is 115 Å². The van der Waals surface area contributed by atoms with Gasteiger partial charge in [0, 0.05) is 32.1 Å². The van der Waals surface area contributed by atoms with Crippen molar-refractivity contribution in [2.75, 3.05) is 18.1 Å². The van der Waals surface area contributed by atoms with Gasteiger partial charge in [-0.1, -0.05) is 25.1 Å². The number of likely N-dealkylation sites (N-methyl/N-ethyl adjacent to an activating group) is 1. The lowest BCUT2D eigenvalue weighted by atomic mass is 10.1. The smallest absolute Gasteiger partial charge is 0.216 e. The van der Waals surface area contributed by atoms with Crippen LogP contribution in [0.1, 0.15) is 27.2 Å². The van der Waals surface area contributed by atoms with E-state index in [1.54, 1.807) is 6.92 Å². The second kappa shape index (κ2) is 6.06. The quantitative estimate of drug-likeness (QED) is 0.901. The molecule has 0 saturated carbocycles. The van der Waals surface area contributed by atoms with Crippen LogP contribution in [0.25, 0.3) is 0 Å². The number of nitrogens with one attached hydrogen (secondary N) is 1. The van der Waals surface area contributed by atoms with Crippen molar-refractivity contribution in [2.45, 2.75) is 39.3 Å². The normalized spacial score (nSPS) is 23.6. The zero-order valence-electron chi connectivity index (χ0n) is 12.0. The molecule has 1 aromatic rings. The fraction of sp³-hybridized carbons (Fsp3) is 0.533. The number of hydrogen-bond acceptors (Lipinski definition) is 3. The Bertz CT molecular complexity index is 421. The molecule has 1 heterocycles. The zero-order valence-corrected chi connectivity index (χ0v) is 12.0. The first kappa shape index (κ1) is 13.9. The van der Waals surface area contributed by atoms with Crippen LogP contribution in [-0.4, -0.2) is 36.1 Å². The molecule has 0 aliphatic carbocycles. The van der Waals surface area contributed by atoms with E-state index in [0.717, 1.165) is 19.5 Å². The topological polar surface area (TPSA) is 35.6 Å². The number of benzene rings is 1. The molecule has 1 saturated heterocycles. The fourth-order valence-corrected chi connectivity index (χ4v) is 2.89. The van der Waals surface area contributed by atoms with Gasteiger partial charge in [0.1, 0.15) is 0 Å². The standard InChI is InChI=1S/C15H23N3O/c1-4-17-15(11-16-13(3)19)10-12(2)18(17)14-8-6-5-7-9-14/h5-9,12,15H,4,10-11H2,1-3H3,(H,16,19). The van der Waals surface area contributed by atoms with Crippen LogP contribution in [0.5, 0.6) is 0 Å². The van der Waals surface area contributed by atoms with E-state index in [4.69, 9.17) is 0 Å². The minimum Gasteiger partial charge on any atom is -0.355 e. The van der Waals surface area contributed by atoms with Gasteiger partial charge in [0.05, 0.1) is 5.69 Å². The molecule has 19 heavy (non-hydrogen) atoms. The highest BCUT2D eigenvalue weighted by Gasteiger charge is 2.35. The van der Waals surface area contributed by atoms with Crippen LogP contribution in [0.15, 0.2) is 30.3 Å². The number of rotatable bonds is 4. The van der Waals surface area contributed by atoms with Crippen molar-refractivity contribution in [1.82, 2.24) is 10.3 Å². The number of hydrazine groups is 1. The number of nitrogens with zero attached hydrogens (tertiary/aromatic N) is 2. The predicted molar refractivity (Wildman–Crippen MR) is 77.9 cm³/mol. The Morgan fingerprint density at radius 3 is 2.63 bits per heavy atom. The highest BCUT2D eigenvalue weighted by molar-refractivity contribution is 5.72. The average molecular weight is 261 g/mol. The van der Waals surface area contributed by atoms with Gasteiger partial charge in [0.25, 0.3) is 0 Å². The van der Waals surface area contributed by atoms with Crippen molar-refractivity contribution in [2.24, 2.45) is 0 Å². The summed E-state index contributed by atoms with van der Waals surface area (Å²) in [7, 11) is 0. The first-order valence-electron chi connectivity index (χ1n) is 6.98. The molecule has 2 rings (SSSR count). The molecule has 1 aliphatic rings. The third-order valence-corrected chi connectivity index (χ3v) is 3.66. The molecule has 1 N–H and O–H groups in total. The molecule has 4 heteroatoms. The summed E-state index contributed by atoms with van der Waals surface area (Å²) in [6.07, 6.45) is 1.07. The summed E-state index contributed by atoms with van der Waals surface area (Å²) in [6.45, 7) is 7.64. The molecule has 1 amide bonds. The first-order valence-corrected chi connectivity index (χ1v) is 6.98. The summed E-state index contributed by atoms with van der Waals surface area (Å²) in [5.41, 5.74) is 1.22. The molecule has 0 aromatic heterocycles. The van der Waals surface area contributed by atoms with Crippen molar-refractivity contribution in [3.63, 3.8) is 0 Å². The van der Waals surface area contributed by atoms with Crippen molar-refractivity contribution >= 4 is 11.6 Å². The highest BCUT2D eigenvalue weighted by atomic mass is 16.1. The van der Waals surface area contributed by atoms with Gasteiger partial charge in [-0.3, -0.25) is 4.79 Å². The van der Waals surface area contributed by atoms with Gasteiger partial charge in [-0.05, 0) is 25.5 Å². The van der Waals surface area contributed by atoms with Gasteiger partial charge in [0.15, 0.2) is 0 Å². The van der Waals surface area contributed by atoms with Crippen molar-refractivity contribution < 1.29 is 4.79 Å². The maximum Gasteiger partial charge on any atom is 0.216 e. The third-order valence-electron chi connectivity index (χ3n) is 3.66. The third kappa shape index (κ3) is 3.07. The van der Waals surface area contributed by atoms with Gasteiger partial charge in [-0.15, -0.1) is 0 Å². The Morgan fingerprint density at radius 2 is 2.05 bits per heavy atom. The summed E-state index contributed by atoms with van der Waals surface area (Å²) < 4.78 is 0. The number of hydrogen-bond donors (Lipinski definition) is 1. The maximum absolute atomic E-state index is 11.1. The molecule has 2 atom stereocenters. The van der Waals surface area contributed by atoms with Crippen molar-refractivity contribution in [3.8, 4) is 0 Å². The maximum atomic E-state index is 11.1. The minimum absolute atomic E-state index is 0.0434. The highest BCUT2D eigenvalue weighted by Crippen LogP contribution is 2.29. The average Bonchev–Trinajstić information content (AvgIpc) is 2.73. The molecule has 1 aliphatic heterocycles. The SMILES string of the molecule is CCN1C(CNC(C)=O)CC(C)N1c1ccccc1. The van der Waals surface area contributed by atoms with Gasteiger partial charge in [-0.25, -0.2) is 5.01 Å². The van der Waals surface area contributed by atoms with E-state index in [1.165, 1.54) is 5.69 Å². The van der Waals surface area contributed by atoms with Gasteiger partial charge in [-0.2, -0.15) is 0 Å². The number of carbonyl (C=O) groups is 1. The van der Waals surface area contributed by atoms with Crippen LogP contribution >= 0.6 is 0 Å². The molecule has 2 unspecified atom stereocenters. The van der Waals surface area contributed by atoms with Gasteiger partial charge >= 0.3 is 0 Å². The molecule has 1 fully saturated rings. The monoisotopic (exact) mass is 261 g/mol. The second-order valence-electron chi connectivity index (χ2n) is 5.11. The molecule has 4 nitrogen and oxygen atoms in total. The van der Waals surface area contributed by atoms with E-state index in [9.17, 15) is 4.79 Å².